The van der Waals surface area contributed by atoms with Gasteiger partial charge >= 0.3 is 0 Å². The molecule has 1 aliphatic rings. The van der Waals surface area contributed by atoms with Crippen molar-refractivity contribution in [3.05, 3.63) is 0 Å². The van der Waals surface area contributed by atoms with Crippen LogP contribution < -0.4 is 15.5 Å². The first-order valence-corrected chi connectivity index (χ1v) is 6.91. The maximum Gasteiger partial charge on any atom is 0.231 e. The number of nitrogens with one attached hydrogen (secondary N) is 2. The summed E-state index contributed by atoms with van der Waals surface area (Å²) in [6.07, 6.45) is 1.90. The summed E-state index contributed by atoms with van der Waals surface area (Å²) in [5.41, 5.74) is -0.0981. The van der Waals surface area contributed by atoms with Gasteiger partial charge in [0, 0.05) is 33.8 Å². The second-order valence-corrected chi connectivity index (χ2v) is 5.87. The van der Waals surface area contributed by atoms with E-state index in [0.717, 1.165) is 19.4 Å². The monoisotopic (exact) mass is 280 g/mol. The Labute approximate surface area is 120 Å². The summed E-state index contributed by atoms with van der Waals surface area (Å²) >= 11 is 0. The smallest absolute Gasteiger partial charge is 0.231 e. The topological polar surface area (TPSA) is 75.2 Å². The number of anilines is 3. The molecule has 0 bridgehead atoms. The molecule has 2 N–H and O–H groups in total. The van der Waals surface area contributed by atoms with E-state index < -0.39 is 0 Å². The average molecular weight is 280 g/mol. The number of hydrogen-bond donors (Lipinski definition) is 2. The summed E-state index contributed by atoms with van der Waals surface area (Å²) < 4.78 is 5.73. The molecule has 7 nitrogen and oxygen atoms in total. The Bertz CT molecular complexity index is 462. The van der Waals surface area contributed by atoms with Gasteiger partial charge in [0.05, 0.1) is 5.60 Å². The molecule has 2 heterocycles. The minimum atomic E-state index is -0.0981. The summed E-state index contributed by atoms with van der Waals surface area (Å²) in [7, 11) is 5.63. The normalized spacial score (nSPS) is 21.4. The van der Waals surface area contributed by atoms with Crippen molar-refractivity contribution in [2.24, 2.45) is 0 Å². The molecule has 1 aromatic rings. The van der Waals surface area contributed by atoms with Crippen LogP contribution in [0.25, 0.3) is 0 Å². The third-order valence-electron chi connectivity index (χ3n) is 3.28. The van der Waals surface area contributed by atoms with Crippen LogP contribution in [0.4, 0.5) is 17.8 Å². The quantitative estimate of drug-likeness (QED) is 0.862. The van der Waals surface area contributed by atoms with Gasteiger partial charge in [0.25, 0.3) is 0 Å². The number of hydrogen-bond acceptors (Lipinski definition) is 7. The van der Waals surface area contributed by atoms with E-state index in [0.29, 0.717) is 23.9 Å². The molecule has 2 rings (SSSR count). The average Bonchev–Trinajstić information content (AvgIpc) is 2.37. The first kappa shape index (κ1) is 14.8. The van der Waals surface area contributed by atoms with Crippen molar-refractivity contribution in [1.82, 2.24) is 15.0 Å². The van der Waals surface area contributed by atoms with Crippen molar-refractivity contribution in [2.75, 3.05) is 43.3 Å². The molecule has 7 heteroatoms. The highest BCUT2D eigenvalue weighted by Crippen LogP contribution is 2.26. The maximum absolute atomic E-state index is 5.73. The molecular weight excluding hydrogens is 256 g/mol. The van der Waals surface area contributed by atoms with Crippen LogP contribution in [-0.2, 0) is 4.74 Å². The van der Waals surface area contributed by atoms with Gasteiger partial charge < -0.3 is 20.3 Å². The molecule has 1 aliphatic heterocycles. The first-order chi connectivity index (χ1) is 9.39. The lowest BCUT2D eigenvalue weighted by atomic mass is 9.94. The predicted octanol–water partition coefficient (Wildman–Crippen LogP) is 1.35. The minimum Gasteiger partial charge on any atom is -0.375 e. The number of rotatable bonds is 4. The van der Waals surface area contributed by atoms with Gasteiger partial charge in [-0.05, 0) is 26.7 Å². The first-order valence-electron chi connectivity index (χ1n) is 6.91. The third kappa shape index (κ3) is 3.69. The zero-order valence-corrected chi connectivity index (χ0v) is 12.9. The van der Waals surface area contributed by atoms with Gasteiger partial charge in [-0.25, -0.2) is 0 Å². The van der Waals surface area contributed by atoms with Crippen molar-refractivity contribution in [3.63, 3.8) is 0 Å². The van der Waals surface area contributed by atoms with Gasteiger partial charge in [-0.15, -0.1) is 0 Å². The molecule has 1 atom stereocenters. The fourth-order valence-electron chi connectivity index (χ4n) is 2.28. The fraction of sp³-hybridized carbons (Fsp3) is 0.769. The second-order valence-electron chi connectivity index (χ2n) is 5.87. The molecule has 0 spiro atoms. The van der Waals surface area contributed by atoms with Crippen LogP contribution in [0.5, 0.6) is 0 Å². The van der Waals surface area contributed by atoms with Gasteiger partial charge in [-0.1, -0.05) is 0 Å². The second kappa shape index (κ2) is 5.78. The maximum atomic E-state index is 5.73. The van der Waals surface area contributed by atoms with Crippen LogP contribution >= 0.6 is 0 Å². The highest BCUT2D eigenvalue weighted by Gasteiger charge is 2.29. The van der Waals surface area contributed by atoms with Crippen LogP contribution in [0.3, 0.4) is 0 Å². The van der Waals surface area contributed by atoms with Crippen LogP contribution in [0, 0.1) is 0 Å². The Balaban J connectivity index is 2.14. The largest absolute Gasteiger partial charge is 0.375 e. The molecule has 0 saturated carbocycles. The molecule has 0 aliphatic carbocycles. The molecule has 0 amide bonds. The molecule has 20 heavy (non-hydrogen) atoms. The van der Waals surface area contributed by atoms with Crippen molar-refractivity contribution >= 4 is 17.8 Å². The van der Waals surface area contributed by atoms with E-state index in [4.69, 9.17) is 4.74 Å². The summed E-state index contributed by atoms with van der Waals surface area (Å²) in [5.74, 6) is 1.81. The van der Waals surface area contributed by atoms with Crippen LogP contribution in [-0.4, -0.2) is 54.3 Å². The van der Waals surface area contributed by atoms with Gasteiger partial charge in [-0.2, -0.15) is 15.0 Å². The standard InChI is InChI=1S/C13H24N6O/c1-13(2)8-9(6-7-20-13)15-11-16-10(14-3)17-12(18-11)19(4)5/h9H,6-8H2,1-5H3,(H2,14,15,16,17,18). The van der Waals surface area contributed by atoms with Gasteiger partial charge in [0.2, 0.25) is 17.8 Å². The Hall–Kier alpha value is -1.63. The Kier molecular flexibility index (Phi) is 4.27. The lowest BCUT2D eigenvalue weighted by Crippen LogP contribution is -2.40. The molecule has 1 unspecified atom stereocenters. The molecule has 0 radical (unpaired) electrons. The van der Waals surface area contributed by atoms with Crippen molar-refractivity contribution in [3.8, 4) is 0 Å². The Morgan fingerprint density at radius 3 is 2.50 bits per heavy atom. The van der Waals surface area contributed by atoms with E-state index in [2.05, 4.69) is 39.4 Å². The van der Waals surface area contributed by atoms with E-state index in [9.17, 15) is 0 Å². The van der Waals surface area contributed by atoms with Gasteiger partial charge in [-0.3, -0.25) is 0 Å². The summed E-state index contributed by atoms with van der Waals surface area (Å²) in [6, 6.07) is 0.320. The fourth-order valence-corrected chi connectivity index (χ4v) is 2.28. The highest BCUT2D eigenvalue weighted by atomic mass is 16.5. The van der Waals surface area contributed by atoms with E-state index >= 15 is 0 Å². The number of ether oxygens (including phenoxy) is 1. The van der Waals surface area contributed by atoms with Crippen molar-refractivity contribution in [2.45, 2.75) is 38.3 Å². The molecule has 1 fully saturated rings. The predicted molar refractivity (Wildman–Crippen MR) is 80.4 cm³/mol. The zero-order valence-electron chi connectivity index (χ0n) is 12.9. The van der Waals surface area contributed by atoms with Gasteiger partial charge in [0.15, 0.2) is 0 Å². The van der Waals surface area contributed by atoms with Crippen molar-refractivity contribution in [1.29, 1.82) is 0 Å². The summed E-state index contributed by atoms with van der Waals surface area (Å²) in [4.78, 5) is 15.0. The minimum absolute atomic E-state index is 0.0981. The molecular formula is C13H24N6O. The molecule has 1 aromatic heterocycles. The number of aromatic nitrogens is 3. The van der Waals surface area contributed by atoms with E-state index in [-0.39, 0.29) is 5.60 Å². The molecule has 112 valence electrons. The van der Waals surface area contributed by atoms with Crippen LogP contribution in [0.15, 0.2) is 0 Å². The lowest BCUT2D eigenvalue weighted by Gasteiger charge is -2.35. The van der Waals surface area contributed by atoms with Crippen LogP contribution in [0.1, 0.15) is 26.7 Å². The van der Waals surface area contributed by atoms with E-state index in [1.54, 1.807) is 7.05 Å². The Morgan fingerprint density at radius 2 is 1.90 bits per heavy atom. The van der Waals surface area contributed by atoms with E-state index in [1.807, 2.05) is 19.0 Å². The third-order valence-corrected chi connectivity index (χ3v) is 3.28. The van der Waals surface area contributed by atoms with Crippen molar-refractivity contribution < 1.29 is 4.74 Å². The summed E-state index contributed by atoms with van der Waals surface area (Å²) in [5, 5.41) is 6.36. The SMILES string of the molecule is CNc1nc(NC2CCOC(C)(C)C2)nc(N(C)C)n1. The summed E-state index contributed by atoms with van der Waals surface area (Å²) in [6.45, 7) is 4.98. The number of nitrogens with zero attached hydrogens (tertiary/aromatic N) is 4. The highest BCUT2D eigenvalue weighted by molar-refractivity contribution is 5.43. The molecule has 0 aromatic carbocycles. The molecule has 1 saturated heterocycles. The van der Waals surface area contributed by atoms with E-state index in [1.165, 1.54) is 0 Å². The Morgan fingerprint density at radius 1 is 1.20 bits per heavy atom. The zero-order chi connectivity index (χ0) is 14.8. The lowest BCUT2D eigenvalue weighted by molar-refractivity contribution is -0.0553. The van der Waals surface area contributed by atoms with Gasteiger partial charge in [0.1, 0.15) is 0 Å². The van der Waals surface area contributed by atoms with Crippen LogP contribution in [0.2, 0.25) is 0 Å².